The van der Waals surface area contributed by atoms with Crippen LogP contribution in [0.3, 0.4) is 0 Å². The second-order valence-corrected chi connectivity index (χ2v) is 10.9. The summed E-state index contributed by atoms with van der Waals surface area (Å²) in [5.41, 5.74) is 12.6. The topological polar surface area (TPSA) is 17.1 Å². The van der Waals surface area contributed by atoms with E-state index in [2.05, 4.69) is 113 Å². The molecule has 168 valence electrons. The Balaban J connectivity index is 1.35. The smallest absolute Gasteiger partial charge is 0.141 e. The van der Waals surface area contributed by atoms with E-state index in [1.807, 2.05) is 0 Å². The molecule has 4 aromatic carbocycles. The lowest BCUT2D eigenvalue weighted by Gasteiger charge is -2.25. The summed E-state index contributed by atoms with van der Waals surface area (Å²) in [6, 6.07) is 30.3. The fourth-order valence-electron chi connectivity index (χ4n) is 6.70. The molecule has 0 atom stereocenters. The molecule has 0 radical (unpaired) electrons. The molecular weight excluding hydrogens is 412 g/mol. The molecule has 34 heavy (non-hydrogen) atoms. The van der Waals surface area contributed by atoms with Crippen LogP contribution >= 0.6 is 0 Å². The fourth-order valence-corrected chi connectivity index (χ4v) is 6.70. The van der Waals surface area contributed by atoms with Crippen LogP contribution in [0.1, 0.15) is 61.1 Å². The van der Waals surface area contributed by atoms with Crippen LogP contribution in [0.2, 0.25) is 0 Å². The third kappa shape index (κ3) is 2.89. The molecule has 4 aromatic rings. The summed E-state index contributed by atoms with van der Waals surface area (Å²) in [4.78, 5) is 13.5. The predicted molar refractivity (Wildman–Crippen MR) is 140 cm³/mol. The molecule has 0 spiro atoms. The van der Waals surface area contributed by atoms with E-state index in [-0.39, 0.29) is 16.6 Å². The highest BCUT2D eigenvalue weighted by atomic mass is 16.1. The van der Waals surface area contributed by atoms with Crippen molar-refractivity contribution in [3.8, 4) is 22.3 Å². The third-order valence-electron chi connectivity index (χ3n) is 8.11. The molecule has 0 saturated carbocycles. The van der Waals surface area contributed by atoms with Crippen LogP contribution in [-0.4, -0.2) is 5.78 Å². The number of hydrogen-bond acceptors (Lipinski definition) is 1. The lowest BCUT2D eigenvalue weighted by atomic mass is 9.78. The normalized spacial score (nSPS) is 15.9. The molecule has 0 aromatic heterocycles. The maximum atomic E-state index is 13.5. The summed E-state index contributed by atoms with van der Waals surface area (Å²) in [6.45, 7) is 9.15. The largest absolute Gasteiger partial charge is 0.299 e. The quantitative estimate of drug-likeness (QED) is 0.317. The second-order valence-electron chi connectivity index (χ2n) is 10.9. The Bertz CT molecular complexity index is 1360. The number of carbonyl (C=O) groups excluding carboxylic acids is 1. The number of rotatable bonds is 4. The van der Waals surface area contributed by atoms with Crippen LogP contribution < -0.4 is 0 Å². The van der Waals surface area contributed by atoms with Crippen molar-refractivity contribution in [3.63, 3.8) is 0 Å². The number of ketones is 1. The molecule has 0 fully saturated rings. The van der Waals surface area contributed by atoms with Gasteiger partial charge in [0.25, 0.3) is 0 Å². The van der Waals surface area contributed by atoms with E-state index in [4.69, 9.17) is 0 Å². The average molecular weight is 443 g/mol. The van der Waals surface area contributed by atoms with Gasteiger partial charge in [0.2, 0.25) is 0 Å². The van der Waals surface area contributed by atoms with E-state index in [0.29, 0.717) is 12.8 Å². The number of hydrogen-bond donors (Lipinski definition) is 0. The van der Waals surface area contributed by atoms with Gasteiger partial charge in [0, 0.05) is 23.7 Å². The van der Waals surface area contributed by atoms with Crippen molar-refractivity contribution in [1.82, 2.24) is 0 Å². The maximum absolute atomic E-state index is 13.5. The van der Waals surface area contributed by atoms with E-state index < -0.39 is 0 Å². The molecule has 2 aliphatic carbocycles. The molecule has 0 bridgehead atoms. The van der Waals surface area contributed by atoms with E-state index in [1.165, 1.54) is 55.6 Å². The van der Waals surface area contributed by atoms with Crippen molar-refractivity contribution in [1.29, 1.82) is 0 Å². The number of carbonyl (C=O) groups is 1. The first-order valence-electron chi connectivity index (χ1n) is 12.3. The van der Waals surface area contributed by atoms with Gasteiger partial charge in [-0.3, -0.25) is 4.79 Å². The van der Waals surface area contributed by atoms with Crippen LogP contribution in [0.5, 0.6) is 0 Å². The number of benzene rings is 4. The Morgan fingerprint density at radius 1 is 0.529 bits per heavy atom. The zero-order valence-corrected chi connectivity index (χ0v) is 20.4. The van der Waals surface area contributed by atoms with E-state index in [9.17, 15) is 4.79 Å². The Kier molecular flexibility index (Phi) is 4.51. The van der Waals surface area contributed by atoms with Crippen LogP contribution in [0.4, 0.5) is 0 Å². The zero-order valence-electron chi connectivity index (χ0n) is 20.4. The van der Waals surface area contributed by atoms with Gasteiger partial charge in [-0.2, -0.15) is 0 Å². The third-order valence-corrected chi connectivity index (χ3v) is 8.11. The van der Waals surface area contributed by atoms with Crippen molar-refractivity contribution < 1.29 is 4.79 Å². The average Bonchev–Trinajstić information content (AvgIpc) is 3.21. The van der Waals surface area contributed by atoms with Crippen molar-refractivity contribution in [3.05, 3.63) is 118 Å². The Morgan fingerprint density at radius 2 is 0.912 bits per heavy atom. The molecule has 0 saturated heterocycles. The first-order chi connectivity index (χ1) is 16.3. The zero-order chi connectivity index (χ0) is 23.7. The molecule has 1 heteroatoms. The van der Waals surface area contributed by atoms with Gasteiger partial charge in [0.15, 0.2) is 0 Å². The molecular formula is C33H30O. The molecule has 1 nitrogen and oxygen atoms in total. The lowest BCUT2D eigenvalue weighted by molar-refractivity contribution is -0.117. The highest BCUT2D eigenvalue weighted by Gasteiger charge is 2.38. The Morgan fingerprint density at radius 3 is 1.35 bits per heavy atom. The minimum atomic E-state index is -0.0968. The minimum absolute atomic E-state index is 0.0968. The summed E-state index contributed by atoms with van der Waals surface area (Å²) >= 11 is 0. The van der Waals surface area contributed by atoms with Crippen molar-refractivity contribution in [2.45, 2.75) is 51.4 Å². The molecule has 0 amide bonds. The summed E-state index contributed by atoms with van der Waals surface area (Å²) in [5.74, 6) is 0.278. The predicted octanol–water partition coefficient (Wildman–Crippen LogP) is 7.65. The van der Waals surface area contributed by atoms with Crippen LogP contribution in [-0.2, 0) is 28.5 Å². The molecule has 2 aliphatic rings. The molecule has 0 heterocycles. The first-order valence-corrected chi connectivity index (χ1v) is 12.3. The van der Waals surface area contributed by atoms with E-state index >= 15 is 0 Å². The Labute approximate surface area is 202 Å². The summed E-state index contributed by atoms with van der Waals surface area (Å²) < 4.78 is 0. The van der Waals surface area contributed by atoms with Gasteiger partial charge in [-0.25, -0.2) is 0 Å². The second kappa shape index (κ2) is 7.27. The van der Waals surface area contributed by atoms with Crippen LogP contribution in [0, 0.1) is 0 Å². The van der Waals surface area contributed by atoms with Crippen molar-refractivity contribution in [2.24, 2.45) is 0 Å². The summed E-state index contributed by atoms with van der Waals surface area (Å²) in [5, 5.41) is 0. The molecule has 0 N–H and O–H groups in total. The fraction of sp³-hybridized carbons (Fsp3) is 0.242. The molecule has 0 unspecified atom stereocenters. The highest BCUT2D eigenvalue weighted by Crippen LogP contribution is 2.51. The van der Waals surface area contributed by atoms with Gasteiger partial charge < -0.3 is 0 Å². The van der Waals surface area contributed by atoms with E-state index in [0.717, 1.165) is 0 Å². The summed E-state index contributed by atoms with van der Waals surface area (Å²) in [7, 11) is 0. The van der Waals surface area contributed by atoms with E-state index in [1.54, 1.807) is 0 Å². The van der Waals surface area contributed by atoms with Crippen LogP contribution in [0.15, 0.2) is 84.9 Å². The number of Topliss-reactive ketones (excluding diaryl/α,β-unsaturated/α-hetero) is 1. The first kappa shape index (κ1) is 21.1. The van der Waals surface area contributed by atoms with Crippen molar-refractivity contribution in [2.75, 3.05) is 0 Å². The van der Waals surface area contributed by atoms with Gasteiger partial charge in [-0.15, -0.1) is 0 Å². The monoisotopic (exact) mass is 442 g/mol. The maximum Gasteiger partial charge on any atom is 0.141 e. The van der Waals surface area contributed by atoms with Gasteiger partial charge in [0.1, 0.15) is 5.78 Å². The van der Waals surface area contributed by atoms with Gasteiger partial charge in [-0.05, 0) is 55.6 Å². The SMILES string of the molecule is CC1(C)c2ccccc2-c2cccc(CC(=O)Cc3cccc4c3C(C)(C)c3ccccc3-4)c21. The van der Waals surface area contributed by atoms with Gasteiger partial charge >= 0.3 is 0 Å². The standard InChI is InChI=1S/C33H30O/c1-32(2)28-17-7-5-13-24(28)26-15-9-11-21(30(26)32)19-23(34)20-22-12-10-16-27-25-14-6-8-18-29(25)33(3,4)31(22)27/h5-18H,19-20H2,1-4H3. The highest BCUT2D eigenvalue weighted by molar-refractivity contribution is 5.89. The minimum Gasteiger partial charge on any atom is -0.299 e. The van der Waals surface area contributed by atoms with Gasteiger partial charge in [-0.1, -0.05) is 113 Å². The molecule has 6 rings (SSSR count). The number of fused-ring (bicyclic) bond motifs is 6. The lowest BCUT2D eigenvalue weighted by Crippen LogP contribution is -2.21. The Hall–Kier alpha value is -3.45. The summed E-state index contributed by atoms with van der Waals surface area (Å²) in [6.07, 6.45) is 0.940. The van der Waals surface area contributed by atoms with Crippen LogP contribution in [0.25, 0.3) is 22.3 Å². The molecule has 0 aliphatic heterocycles. The van der Waals surface area contributed by atoms with Gasteiger partial charge in [0.05, 0.1) is 0 Å². The van der Waals surface area contributed by atoms with Crippen molar-refractivity contribution >= 4 is 5.78 Å².